The molecule has 0 aromatic heterocycles. The molecule has 1 N–H and O–H groups in total. The van der Waals surface area contributed by atoms with E-state index in [1.165, 1.54) is 27.8 Å². The zero-order valence-corrected chi connectivity index (χ0v) is 18.4. The summed E-state index contributed by atoms with van der Waals surface area (Å²) < 4.78 is 0. The van der Waals surface area contributed by atoms with Crippen LogP contribution in [0.3, 0.4) is 0 Å². The van der Waals surface area contributed by atoms with Gasteiger partial charge in [0.15, 0.2) is 0 Å². The molecule has 0 atom stereocenters. The van der Waals surface area contributed by atoms with Crippen LogP contribution >= 0.6 is 0 Å². The van der Waals surface area contributed by atoms with Crippen molar-refractivity contribution in [2.24, 2.45) is 0 Å². The summed E-state index contributed by atoms with van der Waals surface area (Å²) in [4.78, 5) is 0. The Morgan fingerprint density at radius 2 is 1.18 bits per heavy atom. The van der Waals surface area contributed by atoms with Gasteiger partial charge in [-0.2, -0.15) is 0 Å². The summed E-state index contributed by atoms with van der Waals surface area (Å²) in [5.41, 5.74) is 8.98. The van der Waals surface area contributed by atoms with Gasteiger partial charge in [-0.1, -0.05) is 90.1 Å². The van der Waals surface area contributed by atoms with E-state index in [1.807, 2.05) is 0 Å². The Balaban J connectivity index is 2.04. The van der Waals surface area contributed by atoms with Gasteiger partial charge >= 0.3 is 0 Å². The van der Waals surface area contributed by atoms with Crippen LogP contribution in [-0.4, -0.2) is 0 Å². The van der Waals surface area contributed by atoms with Gasteiger partial charge in [-0.3, -0.25) is 0 Å². The van der Waals surface area contributed by atoms with Gasteiger partial charge in [-0.25, -0.2) is 0 Å². The second-order valence-corrected chi connectivity index (χ2v) is 9.82. The molecule has 0 aliphatic carbocycles. The molecule has 0 fully saturated rings. The average molecular weight is 372 g/mol. The van der Waals surface area contributed by atoms with Crippen LogP contribution in [0.2, 0.25) is 0 Å². The molecule has 1 heteroatoms. The quantitative estimate of drug-likeness (QED) is 0.492. The second kappa shape index (κ2) is 7.47. The van der Waals surface area contributed by atoms with Crippen LogP contribution in [0.25, 0.3) is 11.1 Å². The summed E-state index contributed by atoms with van der Waals surface area (Å²) >= 11 is 0. The van der Waals surface area contributed by atoms with Crippen LogP contribution < -0.4 is 5.32 Å². The maximum Gasteiger partial charge on any atom is 0.0420 e. The predicted molar refractivity (Wildman–Crippen MR) is 124 cm³/mol. The lowest BCUT2D eigenvalue weighted by molar-refractivity contribution is 0.569. The molecule has 3 rings (SSSR count). The fraction of sp³-hybridized carbons (Fsp3) is 0.333. The fourth-order valence-electron chi connectivity index (χ4n) is 3.29. The third kappa shape index (κ3) is 4.65. The minimum atomic E-state index is 0.110. The summed E-state index contributed by atoms with van der Waals surface area (Å²) in [6.45, 7) is 15.8. The van der Waals surface area contributed by atoms with E-state index in [9.17, 15) is 0 Å². The Morgan fingerprint density at radius 3 is 1.71 bits per heavy atom. The molecule has 0 heterocycles. The van der Waals surface area contributed by atoms with Crippen molar-refractivity contribution >= 4 is 11.4 Å². The van der Waals surface area contributed by atoms with Crippen LogP contribution in [-0.2, 0) is 10.8 Å². The molecular formula is C27H33N. The van der Waals surface area contributed by atoms with Crippen molar-refractivity contribution in [2.45, 2.75) is 59.3 Å². The Kier molecular flexibility index (Phi) is 5.39. The van der Waals surface area contributed by atoms with E-state index in [0.717, 1.165) is 11.4 Å². The topological polar surface area (TPSA) is 12.0 Å². The Hall–Kier alpha value is -2.54. The van der Waals surface area contributed by atoms with E-state index >= 15 is 0 Å². The molecule has 3 aromatic rings. The Labute approximate surface area is 170 Å². The average Bonchev–Trinajstić information content (AvgIpc) is 2.62. The van der Waals surface area contributed by atoms with Crippen LogP contribution in [0.15, 0.2) is 66.7 Å². The molecule has 0 saturated carbocycles. The third-order valence-corrected chi connectivity index (χ3v) is 5.29. The van der Waals surface area contributed by atoms with Crippen LogP contribution in [0, 0.1) is 6.92 Å². The first kappa shape index (κ1) is 20.2. The van der Waals surface area contributed by atoms with Crippen molar-refractivity contribution < 1.29 is 0 Å². The highest BCUT2D eigenvalue weighted by atomic mass is 14.9. The predicted octanol–water partition coefficient (Wildman–Crippen LogP) is 8.00. The lowest BCUT2D eigenvalue weighted by Crippen LogP contribution is -2.16. The molecule has 28 heavy (non-hydrogen) atoms. The molecule has 0 bridgehead atoms. The molecule has 0 amide bonds. The van der Waals surface area contributed by atoms with Gasteiger partial charge in [0.25, 0.3) is 0 Å². The lowest BCUT2D eigenvalue weighted by Gasteiger charge is -2.26. The van der Waals surface area contributed by atoms with Gasteiger partial charge in [-0.15, -0.1) is 0 Å². The Morgan fingerprint density at radius 1 is 0.607 bits per heavy atom. The highest BCUT2D eigenvalue weighted by Crippen LogP contribution is 2.34. The highest BCUT2D eigenvalue weighted by Gasteiger charge is 2.20. The van der Waals surface area contributed by atoms with Gasteiger partial charge in [-0.05, 0) is 63.8 Å². The lowest BCUT2D eigenvalue weighted by atomic mass is 9.80. The fourth-order valence-corrected chi connectivity index (χ4v) is 3.29. The van der Waals surface area contributed by atoms with Crippen molar-refractivity contribution in [2.75, 3.05) is 5.32 Å². The van der Waals surface area contributed by atoms with Crippen molar-refractivity contribution in [3.8, 4) is 11.1 Å². The van der Waals surface area contributed by atoms with E-state index in [4.69, 9.17) is 0 Å². The summed E-state index contributed by atoms with van der Waals surface area (Å²) in [5.74, 6) is 0. The molecule has 0 radical (unpaired) electrons. The molecular weight excluding hydrogens is 338 g/mol. The summed E-state index contributed by atoms with van der Waals surface area (Å²) in [6, 6.07) is 24.2. The van der Waals surface area contributed by atoms with Gasteiger partial charge in [0.1, 0.15) is 0 Å². The first-order chi connectivity index (χ1) is 13.0. The Bertz CT molecular complexity index is 922. The molecule has 0 spiro atoms. The minimum absolute atomic E-state index is 0.110. The number of rotatable bonds is 3. The van der Waals surface area contributed by atoms with Crippen molar-refractivity contribution in [1.29, 1.82) is 0 Å². The molecule has 3 aromatic carbocycles. The number of nitrogens with one attached hydrogen (secondary N) is 1. The monoisotopic (exact) mass is 371 g/mol. The molecule has 1 nitrogen and oxygen atoms in total. The summed E-state index contributed by atoms with van der Waals surface area (Å²) in [5, 5.41) is 3.71. The SMILES string of the molecule is Cc1ccc(-c2ccccc2)cc1Nc1cc(C(C)(C)C)cc(C(C)(C)C)c1. The number of benzene rings is 3. The van der Waals surface area contributed by atoms with Crippen molar-refractivity contribution in [1.82, 2.24) is 0 Å². The smallest absolute Gasteiger partial charge is 0.0420 e. The van der Waals surface area contributed by atoms with Gasteiger partial charge in [0.2, 0.25) is 0 Å². The number of aryl methyl sites for hydroxylation is 1. The van der Waals surface area contributed by atoms with E-state index in [0.29, 0.717) is 0 Å². The normalized spacial score (nSPS) is 12.1. The second-order valence-electron chi connectivity index (χ2n) is 9.82. The van der Waals surface area contributed by atoms with E-state index in [-0.39, 0.29) is 10.8 Å². The summed E-state index contributed by atoms with van der Waals surface area (Å²) in [6.07, 6.45) is 0. The number of anilines is 2. The van der Waals surface area contributed by atoms with Gasteiger partial charge in [0, 0.05) is 11.4 Å². The highest BCUT2D eigenvalue weighted by molar-refractivity contribution is 5.73. The van der Waals surface area contributed by atoms with Crippen molar-refractivity contribution in [3.05, 3.63) is 83.4 Å². The zero-order valence-electron chi connectivity index (χ0n) is 18.4. The molecule has 0 saturated heterocycles. The molecule has 0 aliphatic heterocycles. The molecule has 146 valence electrons. The number of hydrogen-bond acceptors (Lipinski definition) is 1. The standard InChI is InChI=1S/C27H33N/c1-19-13-14-21(20-11-9-8-10-12-20)15-25(19)28-24-17-22(26(2,3)4)16-23(18-24)27(5,6)7/h8-18,28H,1-7H3. The van der Waals surface area contributed by atoms with E-state index < -0.39 is 0 Å². The first-order valence-electron chi connectivity index (χ1n) is 10.1. The summed E-state index contributed by atoms with van der Waals surface area (Å²) in [7, 11) is 0. The first-order valence-corrected chi connectivity index (χ1v) is 10.1. The maximum absolute atomic E-state index is 3.71. The van der Waals surface area contributed by atoms with Crippen LogP contribution in [0.1, 0.15) is 58.2 Å². The molecule has 0 aliphatic rings. The van der Waals surface area contributed by atoms with Gasteiger partial charge < -0.3 is 5.32 Å². The van der Waals surface area contributed by atoms with E-state index in [2.05, 4.69) is 121 Å². The van der Waals surface area contributed by atoms with E-state index in [1.54, 1.807) is 0 Å². The van der Waals surface area contributed by atoms with Crippen LogP contribution in [0.5, 0.6) is 0 Å². The molecule has 0 unspecified atom stereocenters. The zero-order chi connectivity index (χ0) is 20.5. The third-order valence-electron chi connectivity index (χ3n) is 5.29. The maximum atomic E-state index is 3.71. The minimum Gasteiger partial charge on any atom is -0.355 e. The number of hydrogen-bond donors (Lipinski definition) is 1. The van der Waals surface area contributed by atoms with Crippen molar-refractivity contribution in [3.63, 3.8) is 0 Å². The van der Waals surface area contributed by atoms with Gasteiger partial charge in [0.05, 0.1) is 0 Å². The van der Waals surface area contributed by atoms with Crippen LogP contribution in [0.4, 0.5) is 11.4 Å². The largest absolute Gasteiger partial charge is 0.355 e.